The molecule has 67 heavy (non-hydrogen) atoms. The van der Waals surface area contributed by atoms with Crippen LogP contribution in [0.2, 0.25) is 0 Å². The zero-order chi connectivity index (χ0) is 44.3. The van der Waals surface area contributed by atoms with Gasteiger partial charge in [-0.3, -0.25) is 0 Å². The second-order valence-corrected chi connectivity index (χ2v) is 16.9. The summed E-state index contributed by atoms with van der Waals surface area (Å²) >= 11 is 0. The summed E-state index contributed by atoms with van der Waals surface area (Å²) in [4.78, 5) is 20.8. The summed E-state index contributed by atoms with van der Waals surface area (Å²) in [5.41, 5.74) is 13.8. The lowest BCUT2D eigenvalue weighted by Gasteiger charge is -2.14. The SMILES string of the molecule is c1ccc(-c2ccc(-c3nc(-c4ccc(-c5ccccc5)cc4)nc(-c4ccc(-c5nc6cccc(-c7cc8ccccc8c8ccccc78)c6c6oc7ccccc7c56)cc4)n3)cc2)cc1. The number of fused-ring (bicyclic) bond motifs is 8. The van der Waals surface area contributed by atoms with E-state index in [1.54, 1.807) is 0 Å². The average molecular weight is 855 g/mol. The molecule has 10 aromatic carbocycles. The van der Waals surface area contributed by atoms with Gasteiger partial charge in [-0.05, 0) is 73.1 Å². The quantitative estimate of drug-likeness (QED) is 0.149. The van der Waals surface area contributed by atoms with Crippen LogP contribution in [0, 0.1) is 0 Å². The molecule has 0 spiro atoms. The van der Waals surface area contributed by atoms with Gasteiger partial charge in [-0.1, -0.05) is 212 Å². The van der Waals surface area contributed by atoms with Crippen LogP contribution in [0.3, 0.4) is 0 Å². The molecule has 13 rings (SSSR count). The molecule has 0 aliphatic heterocycles. The topological polar surface area (TPSA) is 64.7 Å². The Morgan fingerprint density at radius 2 is 0.746 bits per heavy atom. The zero-order valence-electron chi connectivity index (χ0n) is 36.1. The summed E-state index contributed by atoms with van der Waals surface area (Å²) in [5, 5.41) is 7.84. The minimum atomic E-state index is 0.587. The molecular weight excluding hydrogens is 817 g/mol. The van der Waals surface area contributed by atoms with Crippen molar-refractivity contribution in [3.05, 3.63) is 231 Å². The zero-order valence-corrected chi connectivity index (χ0v) is 36.1. The van der Waals surface area contributed by atoms with E-state index in [9.17, 15) is 0 Å². The first-order valence-corrected chi connectivity index (χ1v) is 22.5. The maximum absolute atomic E-state index is 6.89. The number of para-hydroxylation sites is 1. The van der Waals surface area contributed by atoms with Gasteiger partial charge in [0.25, 0.3) is 0 Å². The van der Waals surface area contributed by atoms with Crippen LogP contribution in [-0.2, 0) is 0 Å². The van der Waals surface area contributed by atoms with E-state index in [0.717, 1.165) is 94.2 Å². The van der Waals surface area contributed by atoms with Crippen LogP contribution in [0.5, 0.6) is 0 Å². The monoisotopic (exact) mass is 854 g/mol. The van der Waals surface area contributed by atoms with E-state index in [1.165, 1.54) is 21.5 Å². The van der Waals surface area contributed by atoms with Crippen LogP contribution in [0.15, 0.2) is 235 Å². The molecule has 0 saturated heterocycles. The van der Waals surface area contributed by atoms with E-state index < -0.39 is 0 Å². The Hall–Kier alpha value is -9.06. The molecule has 0 saturated carbocycles. The smallest absolute Gasteiger partial charge is 0.164 e. The van der Waals surface area contributed by atoms with Gasteiger partial charge in [0.15, 0.2) is 17.5 Å². The predicted octanol–water partition coefficient (Wildman–Crippen LogP) is 16.3. The molecule has 0 amide bonds. The lowest BCUT2D eigenvalue weighted by molar-refractivity contribution is 0.672. The minimum Gasteiger partial charge on any atom is -0.455 e. The van der Waals surface area contributed by atoms with Crippen molar-refractivity contribution in [2.45, 2.75) is 0 Å². The molecule has 0 fully saturated rings. The molecular formula is C62H38N4O. The van der Waals surface area contributed by atoms with Gasteiger partial charge in [-0.2, -0.15) is 0 Å². The second kappa shape index (κ2) is 15.9. The highest BCUT2D eigenvalue weighted by molar-refractivity contribution is 6.24. The summed E-state index contributed by atoms with van der Waals surface area (Å²) in [6.45, 7) is 0. The van der Waals surface area contributed by atoms with Crippen molar-refractivity contribution >= 4 is 54.4 Å². The van der Waals surface area contributed by atoms with Gasteiger partial charge in [0.1, 0.15) is 11.2 Å². The summed E-state index contributed by atoms with van der Waals surface area (Å²) in [6, 6.07) is 80.3. The highest BCUT2D eigenvalue weighted by atomic mass is 16.3. The average Bonchev–Trinajstić information content (AvgIpc) is 3.81. The van der Waals surface area contributed by atoms with Crippen LogP contribution in [0.4, 0.5) is 0 Å². The minimum absolute atomic E-state index is 0.587. The molecule has 13 aromatic rings. The van der Waals surface area contributed by atoms with E-state index in [2.05, 4.69) is 206 Å². The number of hydrogen-bond acceptors (Lipinski definition) is 5. The Labute approximate surface area is 386 Å². The Morgan fingerprint density at radius 1 is 0.284 bits per heavy atom. The Bertz CT molecular complexity index is 3890. The van der Waals surface area contributed by atoms with Crippen LogP contribution in [0.25, 0.3) is 133 Å². The van der Waals surface area contributed by atoms with Gasteiger partial charge >= 0.3 is 0 Å². The van der Waals surface area contributed by atoms with E-state index >= 15 is 0 Å². The number of benzene rings is 10. The number of pyridine rings is 1. The molecule has 0 N–H and O–H groups in total. The molecule has 0 bridgehead atoms. The maximum atomic E-state index is 6.89. The van der Waals surface area contributed by atoms with Gasteiger partial charge in [0.05, 0.1) is 22.0 Å². The molecule has 0 radical (unpaired) electrons. The number of hydrogen-bond donors (Lipinski definition) is 0. The molecule has 0 aliphatic carbocycles. The lowest BCUT2D eigenvalue weighted by Crippen LogP contribution is -2.00. The highest BCUT2D eigenvalue weighted by Crippen LogP contribution is 2.45. The normalized spacial score (nSPS) is 11.6. The first-order chi connectivity index (χ1) is 33.2. The van der Waals surface area contributed by atoms with Crippen LogP contribution in [-0.4, -0.2) is 19.9 Å². The Balaban J connectivity index is 0.945. The molecule has 0 atom stereocenters. The van der Waals surface area contributed by atoms with Crippen molar-refractivity contribution in [3.8, 4) is 78.8 Å². The van der Waals surface area contributed by atoms with E-state index in [-0.39, 0.29) is 0 Å². The summed E-state index contributed by atoms with van der Waals surface area (Å²) < 4.78 is 6.89. The van der Waals surface area contributed by atoms with Crippen LogP contribution >= 0.6 is 0 Å². The van der Waals surface area contributed by atoms with Crippen molar-refractivity contribution in [1.82, 2.24) is 19.9 Å². The Kier molecular flexibility index (Phi) is 9.10. The standard InChI is InChI=1S/C62H38N4O/c1-3-14-39(15-4-1)41-26-32-44(33-27-41)60-64-61(45-34-28-42(29-35-45)40-16-5-2-6-17-40)66-62(65-60)46-36-30-43(31-37-46)58-57-52-22-11-12-25-55(52)67-59(57)56-51(23-13-24-54(56)63-58)53-38-47-18-7-8-19-48(47)49-20-9-10-21-50(49)53/h1-38H. The third kappa shape index (κ3) is 6.72. The number of aromatic nitrogens is 4. The molecule has 312 valence electrons. The van der Waals surface area contributed by atoms with E-state index in [4.69, 9.17) is 24.4 Å². The van der Waals surface area contributed by atoms with Crippen LogP contribution < -0.4 is 0 Å². The second-order valence-electron chi connectivity index (χ2n) is 16.9. The first kappa shape index (κ1) is 38.4. The number of nitrogens with zero attached hydrogens (tertiary/aromatic N) is 4. The molecule has 3 heterocycles. The van der Waals surface area contributed by atoms with Crippen molar-refractivity contribution in [2.24, 2.45) is 0 Å². The van der Waals surface area contributed by atoms with Gasteiger partial charge in [0.2, 0.25) is 0 Å². The fourth-order valence-electron chi connectivity index (χ4n) is 9.64. The fourth-order valence-corrected chi connectivity index (χ4v) is 9.64. The lowest BCUT2D eigenvalue weighted by atomic mass is 9.90. The molecule has 5 nitrogen and oxygen atoms in total. The third-order valence-corrected chi connectivity index (χ3v) is 12.9. The fraction of sp³-hybridized carbons (Fsp3) is 0. The van der Waals surface area contributed by atoms with Crippen molar-refractivity contribution in [1.29, 1.82) is 0 Å². The molecule has 0 unspecified atom stereocenters. The van der Waals surface area contributed by atoms with E-state index in [0.29, 0.717) is 17.5 Å². The summed E-state index contributed by atoms with van der Waals surface area (Å²) in [5.74, 6) is 1.80. The molecule has 3 aromatic heterocycles. The summed E-state index contributed by atoms with van der Waals surface area (Å²) in [7, 11) is 0. The molecule has 0 aliphatic rings. The number of rotatable bonds is 7. The van der Waals surface area contributed by atoms with Gasteiger partial charge in [0, 0.05) is 27.6 Å². The van der Waals surface area contributed by atoms with Gasteiger partial charge in [-0.25, -0.2) is 19.9 Å². The maximum Gasteiger partial charge on any atom is 0.164 e. The highest BCUT2D eigenvalue weighted by Gasteiger charge is 2.22. The first-order valence-electron chi connectivity index (χ1n) is 22.5. The van der Waals surface area contributed by atoms with Gasteiger partial charge in [-0.15, -0.1) is 0 Å². The number of furan rings is 1. The van der Waals surface area contributed by atoms with Crippen molar-refractivity contribution in [2.75, 3.05) is 0 Å². The van der Waals surface area contributed by atoms with Crippen LogP contribution in [0.1, 0.15) is 0 Å². The van der Waals surface area contributed by atoms with Gasteiger partial charge < -0.3 is 4.42 Å². The predicted molar refractivity (Wildman–Crippen MR) is 275 cm³/mol. The van der Waals surface area contributed by atoms with E-state index in [1.807, 2.05) is 24.3 Å². The Morgan fingerprint density at radius 3 is 1.34 bits per heavy atom. The largest absolute Gasteiger partial charge is 0.455 e. The summed E-state index contributed by atoms with van der Waals surface area (Å²) in [6.07, 6.45) is 0. The third-order valence-electron chi connectivity index (χ3n) is 12.9. The van der Waals surface area contributed by atoms with Crippen molar-refractivity contribution < 1.29 is 4.42 Å². The molecule has 5 heteroatoms. The van der Waals surface area contributed by atoms with Crippen molar-refractivity contribution in [3.63, 3.8) is 0 Å².